The first-order valence-electron chi connectivity index (χ1n) is 7.05. The Morgan fingerprint density at radius 2 is 1.71 bits per heavy atom. The molecule has 0 saturated heterocycles. The van der Waals surface area contributed by atoms with E-state index in [0.29, 0.717) is 12.8 Å². The standard InChI is InChI=1S/C15H18N2O3S/c1-11-7-9-13(10-8-11)21(19,20)15(17-16)14(18)12-5-3-2-4-6-12/h7-10,12H,2-6H2,1H3. The maximum absolute atomic E-state index is 12.4. The van der Waals surface area contributed by atoms with Crippen molar-refractivity contribution in [1.29, 1.82) is 0 Å². The zero-order valence-electron chi connectivity index (χ0n) is 11.9. The van der Waals surface area contributed by atoms with Gasteiger partial charge < -0.3 is 5.53 Å². The van der Waals surface area contributed by atoms with E-state index in [2.05, 4.69) is 4.79 Å². The molecule has 0 aliphatic heterocycles. The Kier molecular flexibility index (Phi) is 4.70. The maximum Gasteiger partial charge on any atom is 0.452 e. The van der Waals surface area contributed by atoms with Gasteiger partial charge in [-0.25, -0.2) is 8.42 Å². The molecular weight excluding hydrogens is 288 g/mol. The second kappa shape index (κ2) is 6.33. The maximum atomic E-state index is 12.4. The Morgan fingerprint density at radius 3 is 2.24 bits per heavy atom. The molecule has 0 N–H and O–H groups in total. The van der Waals surface area contributed by atoms with Crippen molar-refractivity contribution in [2.24, 2.45) is 5.92 Å². The number of Topliss-reactive ketones (excluding diaryl/α,β-unsaturated/α-hetero) is 1. The van der Waals surface area contributed by atoms with E-state index >= 15 is 0 Å². The molecule has 112 valence electrons. The molecular formula is C15H18N2O3S. The van der Waals surface area contributed by atoms with Gasteiger partial charge >= 0.3 is 5.04 Å². The van der Waals surface area contributed by atoms with E-state index in [9.17, 15) is 13.2 Å². The summed E-state index contributed by atoms with van der Waals surface area (Å²) in [6.07, 6.45) is 4.17. The highest BCUT2D eigenvalue weighted by Crippen LogP contribution is 2.26. The van der Waals surface area contributed by atoms with Crippen molar-refractivity contribution in [2.45, 2.75) is 43.9 Å². The Bertz CT molecular complexity index is 680. The molecule has 6 heteroatoms. The van der Waals surface area contributed by atoms with E-state index < -0.39 is 20.7 Å². The summed E-state index contributed by atoms with van der Waals surface area (Å²) in [5.74, 6) is -0.928. The lowest BCUT2D eigenvalue weighted by molar-refractivity contribution is -0.120. The first-order valence-corrected chi connectivity index (χ1v) is 8.53. The summed E-state index contributed by atoms with van der Waals surface area (Å²) in [5, 5.41) is -0.738. The largest absolute Gasteiger partial charge is 0.452 e. The molecule has 0 amide bonds. The van der Waals surface area contributed by atoms with Gasteiger partial charge in [0.1, 0.15) is 0 Å². The quantitative estimate of drug-likeness (QED) is 0.372. The van der Waals surface area contributed by atoms with Gasteiger partial charge in [-0.3, -0.25) is 4.79 Å². The SMILES string of the molecule is Cc1ccc(S(=O)(=O)C(=[N+]=[N-])C(=O)C2CCCCC2)cc1. The third-order valence-corrected chi connectivity index (χ3v) is 5.55. The number of sulfone groups is 1. The van der Waals surface area contributed by atoms with Crippen LogP contribution < -0.4 is 0 Å². The molecule has 1 aromatic carbocycles. The Labute approximate surface area is 124 Å². The zero-order chi connectivity index (χ0) is 15.5. The second-order valence-electron chi connectivity index (χ2n) is 5.42. The molecule has 1 saturated carbocycles. The van der Waals surface area contributed by atoms with Crippen molar-refractivity contribution in [2.75, 3.05) is 0 Å². The van der Waals surface area contributed by atoms with Crippen LogP contribution in [0.25, 0.3) is 5.53 Å². The lowest BCUT2D eigenvalue weighted by Crippen LogP contribution is -2.32. The van der Waals surface area contributed by atoms with E-state index in [0.717, 1.165) is 24.8 Å². The van der Waals surface area contributed by atoms with Crippen LogP contribution in [0.5, 0.6) is 0 Å². The summed E-state index contributed by atoms with van der Waals surface area (Å²) in [4.78, 5) is 15.1. The topological polar surface area (TPSA) is 87.6 Å². The first kappa shape index (κ1) is 15.6. The highest BCUT2D eigenvalue weighted by molar-refractivity contribution is 8.08. The zero-order valence-corrected chi connectivity index (χ0v) is 12.8. The molecule has 0 atom stereocenters. The van der Waals surface area contributed by atoms with Gasteiger partial charge in [0.25, 0.3) is 15.6 Å². The molecule has 0 radical (unpaired) electrons. The number of nitrogens with zero attached hydrogens (tertiary/aromatic N) is 2. The van der Waals surface area contributed by atoms with Gasteiger partial charge in [-0.2, -0.15) is 0 Å². The number of benzene rings is 1. The van der Waals surface area contributed by atoms with Crippen LogP contribution in [0.15, 0.2) is 29.2 Å². The van der Waals surface area contributed by atoms with Gasteiger partial charge in [0.05, 0.1) is 4.90 Å². The number of hydrogen-bond acceptors (Lipinski definition) is 3. The Morgan fingerprint density at radius 1 is 1.14 bits per heavy atom. The highest BCUT2D eigenvalue weighted by Gasteiger charge is 2.41. The van der Waals surface area contributed by atoms with Crippen LogP contribution in [0.2, 0.25) is 0 Å². The number of ketones is 1. The van der Waals surface area contributed by atoms with E-state index in [-0.39, 0.29) is 10.8 Å². The third-order valence-electron chi connectivity index (χ3n) is 3.86. The van der Waals surface area contributed by atoms with Crippen LogP contribution in [-0.2, 0) is 14.6 Å². The molecule has 1 aliphatic rings. The lowest BCUT2D eigenvalue weighted by Gasteiger charge is -2.18. The number of carbonyl (C=O) groups is 1. The van der Waals surface area contributed by atoms with Crippen LogP contribution in [0, 0.1) is 12.8 Å². The van der Waals surface area contributed by atoms with Gasteiger partial charge in [0.15, 0.2) is 0 Å². The molecule has 1 aliphatic carbocycles. The molecule has 0 aromatic heterocycles. The molecule has 0 heterocycles. The molecule has 0 bridgehead atoms. The molecule has 0 spiro atoms. The Balaban J connectivity index is 2.34. The second-order valence-corrected chi connectivity index (χ2v) is 7.29. The monoisotopic (exact) mass is 306 g/mol. The minimum atomic E-state index is -4.07. The van der Waals surface area contributed by atoms with Gasteiger partial charge in [-0.05, 0) is 31.9 Å². The molecule has 1 aromatic rings. The molecule has 21 heavy (non-hydrogen) atoms. The Hall–Kier alpha value is -1.78. The summed E-state index contributed by atoms with van der Waals surface area (Å²) in [6.45, 7) is 1.84. The van der Waals surface area contributed by atoms with Crippen LogP contribution in [-0.4, -0.2) is 24.0 Å². The van der Waals surface area contributed by atoms with Gasteiger partial charge in [-0.1, -0.05) is 37.0 Å². The van der Waals surface area contributed by atoms with Crippen molar-refractivity contribution in [3.05, 3.63) is 35.4 Å². The number of hydrogen-bond donors (Lipinski definition) is 0. The van der Waals surface area contributed by atoms with Crippen LogP contribution in [0.3, 0.4) is 0 Å². The fourth-order valence-corrected chi connectivity index (χ4v) is 3.86. The van der Waals surface area contributed by atoms with E-state index in [1.165, 1.54) is 12.1 Å². The molecule has 2 rings (SSSR count). The minimum absolute atomic E-state index is 0.0231. The normalized spacial score (nSPS) is 16.2. The minimum Gasteiger partial charge on any atom is -0.360 e. The average molecular weight is 306 g/mol. The predicted molar refractivity (Wildman–Crippen MR) is 78.6 cm³/mol. The van der Waals surface area contributed by atoms with Crippen LogP contribution in [0.1, 0.15) is 37.7 Å². The van der Waals surface area contributed by atoms with Crippen LogP contribution >= 0.6 is 0 Å². The van der Waals surface area contributed by atoms with Gasteiger partial charge in [0, 0.05) is 5.92 Å². The van der Waals surface area contributed by atoms with E-state index in [1.807, 2.05) is 6.92 Å². The molecule has 1 fully saturated rings. The summed E-state index contributed by atoms with van der Waals surface area (Å²) < 4.78 is 24.9. The predicted octanol–water partition coefficient (Wildman–Crippen LogP) is 2.55. The lowest BCUT2D eigenvalue weighted by atomic mass is 9.86. The van der Waals surface area contributed by atoms with Gasteiger partial charge in [0.2, 0.25) is 0 Å². The van der Waals surface area contributed by atoms with E-state index in [4.69, 9.17) is 5.53 Å². The van der Waals surface area contributed by atoms with Crippen LogP contribution in [0.4, 0.5) is 0 Å². The van der Waals surface area contributed by atoms with Crippen molar-refractivity contribution in [1.82, 2.24) is 0 Å². The van der Waals surface area contributed by atoms with Crippen molar-refractivity contribution < 1.29 is 18.0 Å². The molecule has 0 unspecified atom stereocenters. The fourth-order valence-electron chi connectivity index (χ4n) is 2.60. The molecule has 5 nitrogen and oxygen atoms in total. The fraction of sp³-hybridized carbons (Fsp3) is 0.467. The summed E-state index contributed by atoms with van der Waals surface area (Å²) in [5.41, 5.74) is 9.98. The number of aryl methyl sites for hydroxylation is 1. The first-order chi connectivity index (χ1) is 9.96. The summed E-state index contributed by atoms with van der Waals surface area (Å²) in [6, 6.07) is 6.13. The average Bonchev–Trinajstić information content (AvgIpc) is 2.49. The smallest absolute Gasteiger partial charge is 0.360 e. The summed E-state index contributed by atoms with van der Waals surface area (Å²) in [7, 11) is -4.07. The van der Waals surface area contributed by atoms with Crippen molar-refractivity contribution in [3.63, 3.8) is 0 Å². The summed E-state index contributed by atoms with van der Waals surface area (Å²) >= 11 is 0. The highest BCUT2D eigenvalue weighted by atomic mass is 32.2. The van der Waals surface area contributed by atoms with Crippen molar-refractivity contribution >= 4 is 20.7 Å². The number of rotatable bonds is 3. The van der Waals surface area contributed by atoms with E-state index in [1.54, 1.807) is 12.1 Å². The third kappa shape index (κ3) is 3.28. The van der Waals surface area contributed by atoms with Crippen molar-refractivity contribution in [3.8, 4) is 0 Å². The number of carbonyl (C=O) groups excluding carboxylic acids is 1. The van der Waals surface area contributed by atoms with Gasteiger partial charge in [-0.15, -0.1) is 4.79 Å².